The van der Waals surface area contributed by atoms with Gasteiger partial charge in [0.05, 0.1) is 17.6 Å². The minimum atomic E-state index is -3.37. The number of anilines is 3. The van der Waals surface area contributed by atoms with E-state index < -0.39 is 29.5 Å². The maximum atomic E-state index is 15.6. The molecule has 4 unspecified atom stereocenters. The van der Waals surface area contributed by atoms with Gasteiger partial charge < -0.3 is 4.52 Å². The quantitative estimate of drug-likeness (QED) is 0.0518. The third-order valence-electron chi connectivity index (χ3n) is 22.0. The lowest BCUT2D eigenvalue weighted by atomic mass is 9.92. The van der Waals surface area contributed by atoms with Crippen LogP contribution >= 0.6 is 41.1 Å². The van der Waals surface area contributed by atoms with Crippen LogP contribution in [0.15, 0.2) is 369 Å². The Morgan fingerprint density at radius 2 is 0.695 bits per heavy atom. The second kappa shape index (κ2) is 40.4. The number of unbranched alkanes of at least 4 members (excludes halogenated alkanes) is 4. The Morgan fingerprint density at radius 3 is 1.14 bits per heavy atom. The number of halogens is 1. The van der Waals surface area contributed by atoms with Gasteiger partial charge in [-0.2, -0.15) is 0 Å². The van der Waals surface area contributed by atoms with E-state index in [9.17, 15) is 9.13 Å². The molecule has 118 heavy (non-hydrogen) atoms. The topological polar surface area (TPSA) is 96.5 Å². The van der Waals surface area contributed by atoms with Gasteiger partial charge in [0.1, 0.15) is 5.76 Å². The fourth-order valence-electron chi connectivity index (χ4n) is 16.4. The van der Waals surface area contributed by atoms with Gasteiger partial charge in [-0.25, -0.2) is 4.57 Å². The SMILES string of the molecule is CCC1=C(CC)N(c2ccccc2)P(=O)(c2ccccc2)c2ccccc21.CCCCC1=C(CCCC)N(c2ccccc2)P(=O)(c2ccccc2)c2ccccc21.CCCCC1=C(CCCC)OP(=O)(OCC)C(c2ccc(Cl)cc2)=C1.O=P1(c2ccccc2)c2ccccc2C(c2ccccc2)=C(c2ccccc2)N1c1ccccc1. The smallest absolute Gasteiger partial charge is 0.411 e. The van der Waals surface area contributed by atoms with Crippen LogP contribution in [0.3, 0.4) is 0 Å². The summed E-state index contributed by atoms with van der Waals surface area (Å²) < 4.78 is 77.4. The predicted octanol–water partition coefficient (Wildman–Crippen LogP) is 28.4. The fourth-order valence-corrected chi connectivity index (χ4v) is 27.8. The highest BCUT2D eigenvalue weighted by Crippen LogP contribution is 2.66. The summed E-state index contributed by atoms with van der Waals surface area (Å²) in [5.74, 6) is 0.838. The Balaban J connectivity index is 0.000000138. The number of hydrogen-bond acceptors (Lipinski definition) is 6. The van der Waals surface area contributed by atoms with Gasteiger partial charge in [0.2, 0.25) is 21.9 Å². The minimum Gasteiger partial charge on any atom is -0.425 e. The molecule has 0 saturated heterocycles. The van der Waals surface area contributed by atoms with E-state index in [0.717, 1.165) is 195 Å². The van der Waals surface area contributed by atoms with Crippen molar-refractivity contribution >= 4 is 118 Å². The lowest BCUT2D eigenvalue weighted by molar-refractivity contribution is 0.251. The number of benzene rings is 12. The van der Waals surface area contributed by atoms with E-state index in [1.165, 1.54) is 22.4 Å². The highest BCUT2D eigenvalue weighted by atomic mass is 35.5. The summed E-state index contributed by atoms with van der Waals surface area (Å²) in [7, 11) is -12.8. The summed E-state index contributed by atoms with van der Waals surface area (Å²) in [6, 6.07) is 113. The molecule has 9 nitrogen and oxygen atoms in total. The Hall–Kier alpha value is -10.3. The van der Waals surface area contributed by atoms with Crippen molar-refractivity contribution in [3.05, 3.63) is 407 Å². The Bertz CT molecular complexity index is 5730. The van der Waals surface area contributed by atoms with Gasteiger partial charge in [0, 0.05) is 77.3 Å². The van der Waals surface area contributed by atoms with Crippen LogP contribution in [-0.2, 0) is 27.3 Å². The molecule has 0 aliphatic carbocycles. The fraction of sp³-hybridized carbons (Fsp3) is 0.212. The highest BCUT2D eigenvalue weighted by molar-refractivity contribution is 7.81. The largest absolute Gasteiger partial charge is 0.425 e. The number of fused-ring (bicyclic) bond motifs is 3. The molecule has 0 aromatic heterocycles. The zero-order valence-corrected chi connectivity index (χ0v) is 73.3. The summed E-state index contributed by atoms with van der Waals surface area (Å²) in [5, 5.41) is 6.64. The highest BCUT2D eigenvalue weighted by Gasteiger charge is 2.47. The molecule has 4 aliphatic rings. The Kier molecular flexibility index (Phi) is 29.3. The molecule has 12 aromatic rings. The van der Waals surface area contributed by atoms with E-state index in [1.54, 1.807) is 12.1 Å². The maximum absolute atomic E-state index is 15.6. The first-order chi connectivity index (χ1) is 57.7. The Morgan fingerprint density at radius 1 is 0.331 bits per heavy atom. The number of allylic oxidation sites excluding steroid dienone is 7. The first kappa shape index (κ1) is 85.6. The van der Waals surface area contributed by atoms with E-state index in [2.05, 4.69) is 165 Å². The molecule has 0 bridgehead atoms. The van der Waals surface area contributed by atoms with Crippen LogP contribution in [0.4, 0.5) is 17.1 Å². The molecule has 0 amide bonds. The second-order valence-electron chi connectivity index (χ2n) is 29.6. The number of nitrogens with zero attached hydrogens (tertiary/aromatic N) is 3. The van der Waals surface area contributed by atoms with Crippen molar-refractivity contribution in [2.24, 2.45) is 0 Å². The summed E-state index contributed by atoms with van der Waals surface area (Å²) in [5.41, 5.74) is 17.4. The molecule has 602 valence electrons. The number of para-hydroxylation sites is 3. The van der Waals surface area contributed by atoms with Gasteiger partial charge in [-0.1, -0.05) is 315 Å². The van der Waals surface area contributed by atoms with Crippen molar-refractivity contribution in [3.8, 4) is 0 Å². The standard InChI is InChI=1S/C32H24NOP.C28H32NOP.C24H24NOP.C20H28ClO3P/c34-35(28-21-11-4-12-22-28)30-24-14-13-23-29(30)31(25-15-5-1-6-16-25)32(26-17-7-2-8-18-26)33(35)27-19-9-3-10-20-27;1-3-5-19-25-26-20-13-14-22-28(26)31(30,24-17-11-8-12-18-24)29(27(25)21-6-4-2)23-15-9-7-10-16-23;1-3-21-22-17-11-12-18-24(22)27(26,20-15-9-6-10-16-20)25(23(21)4-2)19-13-7-5-8-14-19;1-4-7-9-17-15-20(16-11-13-18(21)14-12-16)25(22,23-6-3)24-19(17)10-8-5-2/h1-24H;7-18,20,22H,3-6,19,21H2,1-2H3;5-18H,3-4H2,1-2H3;11-15H,4-10H2,1-3H3. The molecule has 0 saturated carbocycles. The average Bonchev–Trinajstić information content (AvgIpc) is 0.717. The lowest BCUT2D eigenvalue weighted by Gasteiger charge is -2.42. The van der Waals surface area contributed by atoms with Crippen molar-refractivity contribution in [2.45, 2.75) is 138 Å². The van der Waals surface area contributed by atoms with Crippen LogP contribution in [0, 0.1) is 0 Å². The predicted molar refractivity (Wildman–Crippen MR) is 504 cm³/mol. The van der Waals surface area contributed by atoms with Crippen molar-refractivity contribution in [2.75, 3.05) is 20.6 Å². The van der Waals surface area contributed by atoms with Gasteiger partial charge >= 0.3 is 7.60 Å². The zero-order chi connectivity index (χ0) is 82.5. The molecule has 16 rings (SSSR count). The van der Waals surface area contributed by atoms with Crippen LogP contribution in [0.2, 0.25) is 5.02 Å². The summed E-state index contributed by atoms with van der Waals surface area (Å²) in [4.78, 5) is 0. The first-order valence-corrected chi connectivity index (χ1v) is 48.9. The van der Waals surface area contributed by atoms with Gasteiger partial charge in [0.15, 0.2) is 0 Å². The molecule has 0 spiro atoms. The van der Waals surface area contributed by atoms with Gasteiger partial charge in [-0.3, -0.25) is 32.2 Å². The molecule has 4 atom stereocenters. The summed E-state index contributed by atoms with van der Waals surface area (Å²) >= 11 is 6.00. The van der Waals surface area contributed by atoms with Gasteiger partial charge in [-0.05, 0) is 224 Å². The molecule has 0 N–H and O–H groups in total. The number of hydrogen-bond donors (Lipinski definition) is 0. The molecule has 4 heterocycles. The van der Waals surface area contributed by atoms with Gasteiger partial charge in [-0.15, -0.1) is 0 Å². The van der Waals surface area contributed by atoms with Crippen LogP contribution in [0.5, 0.6) is 0 Å². The van der Waals surface area contributed by atoms with E-state index in [0.29, 0.717) is 16.9 Å². The molecule has 4 aliphatic heterocycles. The van der Waals surface area contributed by atoms with Crippen LogP contribution in [0.25, 0.3) is 27.7 Å². The number of rotatable bonds is 25. The average molecular weight is 1660 g/mol. The van der Waals surface area contributed by atoms with Crippen LogP contribution in [-0.4, -0.2) is 6.61 Å². The molecule has 0 fully saturated rings. The van der Waals surface area contributed by atoms with Gasteiger partial charge in [0.25, 0.3) is 0 Å². The lowest BCUT2D eigenvalue weighted by Crippen LogP contribution is -2.37. The molecule has 14 heteroatoms. The van der Waals surface area contributed by atoms with Crippen molar-refractivity contribution in [1.29, 1.82) is 0 Å². The second-order valence-corrected chi connectivity index (χ2v) is 39.7. The van der Waals surface area contributed by atoms with Crippen LogP contribution < -0.4 is 45.8 Å². The van der Waals surface area contributed by atoms with Crippen molar-refractivity contribution in [1.82, 2.24) is 0 Å². The van der Waals surface area contributed by atoms with Crippen LogP contribution in [0.1, 0.15) is 172 Å². The normalized spacial score (nSPS) is 18.6. The third-order valence-corrected chi connectivity index (χ3v) is 33.4. The molecule has 12 aromatic carbocycles. The van der Waals surface area contributed by atoms with E-state index in [-0.39, 0.29) is 0 Å². The van der Waals surface area contributed by atoms with E-state index >= 15 is 9.13 Å². The minimum absolute atomic E-state index is 0.341. The van der Waals surface area contributed by atoms with Crippen molar-refractivity contribution < 1.29 is 27.3 Å². The first-order valence-electron chi connectivity index (χ1n) is 42.0. The third kappa shape index (κ3) is 18.0. The maximum Gasteiger partial charge on any atom is 0.411 e. The van der Waals surface area contributed by atoms with Crippen molar-refractivity contribution in [3.63, 3.8) is 0 Å². The Labute approximate surface area is 706 Å². The van der Waals surface area contributed by atoms with E-state index in [1.807, 2.05) is 231 Å². The summed E-state index contributed by atoms with van der Waals surface area (Å²) in [6.07, 6.45) is 16.2. The molecular weight excluding hydrogens is 1550 g/mol. The monoisotopic (exact) mass is 1650 g/mol. The summed E-state index contributed by atoms with van der Waals surface area (Å²) in [6.45, 7) is 15.3. The molecule has 0 radical (unpaired) electrons. The zero-order valence-electron chi connectivity index (χ0n) is 69.0. The molecular formula is C104H108ClN3O6P4. The van der Waals surface area contributed by atoms with E-state index in [4.69, 9.17) is 20.6 Å².